The fourth-order valence-electron chi connectivity index (χ4n) is 2.66. The van der Waals surface area contributed by atoms with Crippen molar-refractivity contribution in [2.24, 2.45) is 0 Å². The van der Waals surface area contributed by atoms with Crippen molar-refractivity contribution < 1.29 is 13.2 Å². The van der Waals surface area contributed by atoms with Gasteiger partial charge in [0, 0.05) is 32.7 Å². The van der Waals surface area contributed by atoms with Gasteiger partial charge in [-0.25, -0.2) is 8.42 Å². The standard InChI is InChI=1S/C16H25N3O3S/c1-4-19(12-16(20)18-9-7-17-8-10-18)23(21,22)15-11-13(2)5-6-14(15)3/h5-6,11,17H,4,7-10,12H2,1-3H3. The normalized spacial score (nSPS) is 15.9. The van der Waals surface area contributed by atoms with Gasteiger partial charge in [0.15, 0.2) is 0 Å². The van der Waals surface area contributed by atoms with Gasteiger partial charge in [-0.1, -0.05) is 19.1 Å². The van der Waals surface area contributed by atoms with E-state index in [2.05, 4.69) is 5.32 Å². The van der Waals surface area contributed by atoms with E-state index in [-0.39, 0.29) is 23.9 Å². The molecular formula is C16H25N3O3S. The van der Waals surface area contributed by atoms with E-state index in [0.29, 0.717) is 18.7 Å². The Balaban J connectivity index is 2.21. The molecule has 0 aromatic heterocycles. The van der Waals surface area contributed by atoms with Crippen molar-refractivity contribution in [2.75, 3.05) is 39.3 Å². The van der Waals surface area contributed by atoms with Crippen LogP contribution in [0.5, 0.6) is 0 Å². The summed E-state index contributed by atoms with van der Waals surface area (Å²) in [6, 6.07) is 5.35. The fraction of sp³-hybridized carbons (Fsp3) is 0.562. The number of piperazine rings is 1. The minimum absolute atomic E-state index is 0.105. The molecule has 0 spiro atoms. The SMILES string of the molecule is CCN(CC(=O)N1CCNCC1)S(=O)(=O)c1cc(C)ccc1C. The monoisotopic (exact) mass is 339 g/mol. The third-order valence-electron chi connectivity index (χ3n) is 4.10. The van der Waals surface area contributed by atoms with Gasteiger partial charge in [0.2, 0.25) is 15.9 Å². The van der Waals surface area contributed by atoms with Crippen LogP contribution in [0, 0.1) is 13.8 Å². The molecule has 2 rings (SSSR count). The van der Waals surface area contributed by atoms with E-state index in [1.807, 2.05) is 13.0 Å². The Bertz CT molecular complexity index is 667. The molecule has 1 saturated heterocycles. The van der Waals surface area contributed by atoms with Crippen LogP contribution in [0.1, 0.15) is 18.1 Å². The molecule has 0 bridgehead atoms. The topological polar surface area (TPSA) is 69.7 Å². The smallest absolute Gasteiger partial charge is 0.243 e. The molecule has 23 heavy (non-hydrogen) atoms. The number of hydrogen-bond donors (Lipinski definition) is 1. The zero-order valence-corrected chi connectivity index (χ0v) is 14.8. The molecule has 1 amide bonds. The maximum Gasteiger partial charge on any atom is 0.243 e. The molecule has 1 aliphatic rings. The Morgan fingerprint density at radius 3 is 2.52 bits per heavy atom. The Labute approximate surface area is 138 Å². The second-order valence-electron chi connectivity index (χ2n) is 5.83. The summed E-state index contributed by atoms with van der Waals surface area (Å²) in [6.45, 7) is 8.31. The Hall–Kier alpha value is -1.44. The van der Waals surface area contributed by atoms with E-state index >= 15 is 0 Å². The molecular weight excluding hydrogens is 314 g/mol. The van der Waals surface area contributed by atoms with Crippen molar-refractivity contribution in [3.63, 3.8) is 0 Å². The third-order valence-corrected chi connectivity index (χ3v) is 6.16. The second-order valence-corrected chi connectivity index (χ2v) is 7.74. The Morgan fingerprint density at radius 1 is 1.26 bits per heavy atom. The van der Waals surface area contributed by atoms with Crippen LogP contribution in [0.4, 0.5) is 0 Å². The van der Waals surface area contributed by atoms with Crippen molar-refractivity contribution in [1.82, 2.24) is 14.5 Å². The molecule has 1 N–H and O–H groups in total. The van der Waals surface area contributed by atoms with Gasteiger partial charge < -0.3 is 10.2 Å². The number of benzene rings is 1. The maximum absolute atomic E-state index is 12.9. The number of carbonyl (C=O) groups excluding carboxylic acids is 1. The molecule has 128 valence electrons. The first-order chi connectivity index (χ1) is 10.9. The van der Waals surface area contributed by atoms with Gasteiger partial charge in [-0.3, -0.25) is 4.79 Å². The molecule has 1 fully saturated rings. The first kappa shape index (κ1) is 17.9. The van der Waals surface area contributed by atoms with Crippen molar-refractivity contribution >= 4 is 15.9 Å². The number of hydrogen-bond acceptors (Lipinski definition) is 4. The Kier molecular flexibility index (Phi) is 5.78. The number of rotatable bonds is 5. The molecule has 7 heteroatoms. The molecule has 0 unspecified atom stereocenters. The van der Waals surface area contributed by atoms with E-state index in [4.69, 9.17) is 0 Å². The lowest BCUT2D eigenvalue weighted by Gasteiger charge is -2.30. The van der Waals surface area contributed by atoms with Gasteiger partial charge in [0.1, 0.15) is 0 Å². The lowest BCUT2D eigenvalue weighted by Crippen LogP contribution is -2.50. The highest BCUT2D eigenvalue weighted by Gasteiger charge is 2.28. The van der Waals surface area contributed by atoms with E-state index in [9.17, 15) is 13.2 Å². The number of nitrogens with one attached hydrogen (secondary N) is 1. The molecule has 1 aromatic rings. The average molecular weight is 339 g/mol. The molecule has 0 aliphatic carbocycles. The number of carbonyl (C=O) groups is 1. The van der Waals surface area contributed by atoms with Crippen LogP contribution < -0.4 is 5.32 Å². The first-order valence-electron chi connectivity index (χ1n) is 7.92. The second kappa shape index (κ2) is 7.42. The number of sulfonamides is 1. The summed E-state index contributed by atoms with van der Waals surface area (Å²) in [6.07, 6.45) is 0. The van der Waals surface area contributed by atoms with E-state index < -0.39 is 10.0 Å². The van der Waals surface area contributed by atoms with Gasteiger partial charge in [-0.2, -0.15) is 4.31 Å². The number of aryl methyl sites for hydroxylation is 2. The zero-order chi connectivity index (χ0) is 17.0. The van der Waals surface area contributed by atoms with E-state index in [0.717, 1.165) is 18.7 Å². The highest BCUT2D eigenvalue weighted by Crippen LogP contribution is 2.21. The van der Waals surface area contributed by atoms with Crippen molar-refractivity contribution in [1.29, 1.82) is 0 Å². The Morgan fingerprint density at radius 2 is 1.91 bits per heavy atom. The van der Waals surface area contributed by atoms with E-state index in [1.165, 1.54) is 4.31 Å². The number of likely N-dealkylation sites (N-methyl/N-ethyl adjacent to an activating group) is 1. The highest BCUT2D eigenvalue weighted by atomic mass is 32.2. The van der Waals surface area contributed by atoms with Crippen LogP contribution in [0.2, 0.25) is 0 Å². The molecule has 0 atom stereocenters. The lowest BCUT2D eigenvalue weighted by molar-refractivity contribution is -0.131. The minimum Gasteiger partial charge on any atom is -0.339 e. The predicted octanol–water partition coefficient (Wildman–Crippen LogP) is 0.746. The molecule has 1 aromatic carbocycles. The molecule has 1 aliphatic heterocycles. The average Bonchev–Trinajstić information content (AvgIpc) is 2.55. The fourth-order valence-corrected chi connectivity index (χ4v) is 4.36. The molecule has 0 saturated carbocycles. The summed E-state index contributed by atoms with van der Waals surface area (Å²) in [5, 5.41) is 3.18. The maximum atomic E-state index is 12.9. The largest absolute Gasteiger partial charge is 0.339 e. The van der Waals surface area contributed by atoms with Crippen LogP contribution in [-0.4, -0.2) is 62.8 Å². The lowest BCUT2D eigenvalue weighted by atomic mass is 10.2. The third kappa shape index (κ3) is 4.10. The summed E-state index contributed by atoms with van der Waals surface area (Å²) in [5.41, 5.74) is 1.59. The summed E-state index contributed by atoms with van der Waals surface area (Å²) in [7, 11) is -3.67. The van der Waals surface area contributed by atoms with Gasteiger partial charge in [-0.05, 0) is 31.0 Å². The number of amides is 1. The van der Waals surface area contributed by atoms with Crippen LogP contribution in [0.3, 0.4) is 0 Å². The minimum atomic E-state index is -3.67. The van der Waals surface area contributed by atoms with Crippen LogP contribution in [0.25, 0.3) is 0 Å². The zero-order valence-electron chi connectivity index (χ0n) is 14.0. The first-order valence-corrected chi connectivity index (χ1v) is 9.36. The van der Waals surface area contributed by atoms with Gasteiger partial charge in [0.25, 0.3) is 0 Å². The van der Waals surface area contributed by atoms with Gasteiger partial charge in [0.05, 0.1) is 11.4 Å². The molecule has 1 heterocycles. The summed E-state index contributed by atoms with van der Waals surface area (Å²) < 4.78 is 27.1. The summed E-state index contributed by atoms with van der Waals surface area (Å²) in [4.78, 5) is 14.4. The molecule has 6 nitrogen and oxygen atoms in total. The van der Waals surface area contributed by atoms with Gasteiger partial charge >= 0.3 is 0 Å². The van der Waals surface area contributed by atoms with E-state index in [1.54, 1.807) is 30.9 Å². The predicted molar refractivity (Wildman–Crippen MR) is 89.8 cm³/mol. The quantitative estimate of drug-likeness (QED) is 0.859. The molecule has 0 radical (unpaired) electrons. The van der Waals surface area contributed by atoms with Crippen LogP contribution >= 0.6 is 0 Å². The highest BCUT2D eigenvalue weighted by molar-refractivity contribution is 7.89. The van der Waals surface area contributed by atoms with Crippen molar-refractivity contribution in [2.45, 2.75) is 25.7 Å². The van der Waals surface area contributed by atoms with Crippen LogP contribution in [-0.2, 0) is 14.8 Å². The van der Waals surface area contributed by atoms with Crippen LogP contribution in [0.15, 0.2) is 23.1 Å². The summed E-state index contributed by atoms with van der Waals surface area (Å²) in [5.74, 6) is -0.137. The van der Waals surface area contributed by atoms with Crippen molar-refractivity contribution in [3.8, 4) is 0 Å². The van der Waals surface area contributed by atoms with Gasteiger partial charge in [-0.15, -0.1) is 0 Å². The summed E-state index contributed by atoms with van der Waals surface area (Å²) >= 11 is 0. The van der Waals surface area contributed by atoms with Crippen molar-refractivity contribution in [3.05, 3.63) is 29.3 Å². The number of nitrogens with zero attached hydrogens (tertiary/aromatic N) is 2.